The number of nitrogens with one attached hydrogen (secondary N) is 1. The van der Waals surface area contributed by atoms with Gasteiger partial charge in [0.15, 0.2) is 0 Å². The van der Waals surface area contributed by atoms with E-state index < -0.39 is 0 Å². The van der Waals surface area contributed by atoms with E-state index in [9.17, 15) is 0 Å². The van der Waals surface area contributed by atoms with Crippen LogP contribution >= 0.6 is 0 Å². The molecule has 1 N–H and O–H groups in total. The van der Waals surface area contributed by atoms with Crippen molar-refractivity contribution >= 4 is 0 Å². The van der Waals surface area contributed by atoms with Gasteiger partial charge in [0.1, 0.15) is 0 Å². The zero-order chi connectivity index (χ0) is 8.97. The van der Waals surface area contributed by atoms with Crippen molar-refractivity contribution in [3.63, 3.8) is 0 Å². The van der Waals surface area contributed by atoms with Crippen LogP contribution < -0.4 is 5.32 Å². The quantitative estimate of drug-likeness (QED) is 0.588. The molecule has 2 unspecified atom stereocenters. The van der Waals surface area contributed by atoms with Gasteiger partial charge in [0.05, 0.1) is 0 Å². The van der Waals surface area contributed by atoms with Crippen LogP contribution in [0.5, 0.6) is 0 Å². The van der Waals surface area contributed by atoms with Crippen LogP contribution in [0.1, 0.15) is 52.9 Å². The monoisotopic (exact) mass is 169 g/mol. The molecule has 1 heteroatoms. The molecule has 2 heterocycles. The van der Waals surface area contributed by atoms with Crippen LogP contribution in [0.3, 0.4) is 0 Å². The van der Waals surface area contributed by atoms with Gasteiger partial charge in [0.2, 0.25) is 0 Å². The fourth-order valence-corrected chi connectivity index (χ4v) is 2.55. The topological polar surface area (TPSA) is 12.0 Å². The summed E-state index contributed by atoms with van der Waals surface area (Å²) in [5, 5.41) is 3.68. The van der Waals surface area contributed by atoms with Gasteiger partial charge in [-0.05, 0) is 31.6 Å². The Morgan fingerprint density at radius 2 is 1.50 bits per heavy atom. The van der Waals surface area contributed by atoms with Crippen LogP contribution in [0.2, 0.25) is 0 Å². The van der Waals surface area contributed by atoms with Gasteiger partial charge in [0, 0.05) is 12.1 Å². The lowest BCUT2D eigenvalue weighted by molar-refractivity contribution is 0.196. The molecule has 1 nitrogen and oxygen atoms in total. The third-order valence-corrected chi connectivity index (χ3v) is 2.95. The molecular weight excluding hydrogens is 146 g/mol. The Labute approximate surface area is 76.9 Å². The highest BCUT2D eigenvalue weighted by atomic mass is 15.0. The molecule has 0 aromatic rings. The van der Waals surface area contributed by atoms with Crippen molar-refractivity contribution in [3.8, 4) is 0 Å². The number of rotatable bonds is 0. The van der Waals surface area contributed by atoms with E-state index in [0.717, 1.165) is 18.0 Å². The van der Waals surface area contributed by atoms with Crippen molar-refractivity contribution < 1.29 is 0 Å². The molecule has 2 bridgehead atoms. The molecule has 12 heavy (non-hydrogen) atoms. The fourth-order valence-electron chi connectivity index (χ4n) is 2.55. The highest BCUT2D eigenvalue weighted by molar-refractivity contribution is 4.87. The second-order valence-electron chi connectivity index (χ2n) is 4.07. The highest BCUT2D eigenvalue weighted by Gasteiger charge is 2.28. The van der Waals surface area contributed by atoms with Gasteiger partial charge < -0.3 is 5.32 Å². The minimum atomic E-state index is 0.877. The van der Waals surface area contributed by atoms with Crippen molar-refractivity contribution in [2.75, 3.05) is 0 Å². The molecule has 2 aliphatic rings. The molecule has 72 valence electrons. The third kappa shape index (κ3) is 2.48. The Balaban J connectivity index is 0.000000336. The summed E-state index contributed by atoms with van der Waals surface area (Å²) < 4.78 is 0. The Morgan fingerprint density at radius 3 is 2.00 bits per heavy atom. The molecule has 2 aliphatic heterocycles. The summed E-state index contributed by atoms with van der Waals surface area (Å²) in [5.74, 6) is 0.983. The number of hydrogen-bond acceptors (Lipinski definition) is 1. The third-order valence-electron chi connectivity index (χ3n) is 2.95. The van der Waals surface area contributed by atoms with Crippen molar-refractivity contribution in [1.29, 1.82) is 0 Å². The van der Waals surface area contributed by atoms with E-state index in [2.05, 4.69) is 12.2 Å². The first-order valence-corrected chi connectivity index (χ1v) is 5.60. The fraction of sp³-hybridized carbons (Fsp3) is 1.00. The predicted octanol–water partition coefficient (Wildman–Crippen LogP) is 2.95. The number of hydrogen-bond donors (Lipinski definition) is 1. The summed E-state index contributed by atoms with van der Waals surface area (Å²) in [6, 6.07) is 1.75. The van der Waals surface area contributed by atoms with Crippen molar-refractivity contribution in [2.45, 2.75) is 65.0 Å². The molecular formula is C11H23N. The lowest BCUT2D eigenvalue weighted by atomic mass is 9.81. The number of fused-ring (bicyclic) bond motifs is 2. The summed E-state index contributed by atoms with van der Waals surface area (Å²) in [6.07, 6.45) is 7.18. The molecule has 0 aliphatic carbocycles. The SMILES string of the molecule is CC.CC1CC2CCCC(C1)N2. The Bertz CT molecular complexity index is 106. The first kappa shape index (κ1) is 10.0. The van der Waals surface area contributed by atoms with Crippen LogP contribution in [-0.2, 0) is 0 Å². The standard InChI is InChI=1S/C9H17N.C2H6/c1-7-5-8-3-2-4-9(6-7)10-8;1-2/h7-10H,2-6H2,1H3;1-2H3. The van der Waals surface area contributed by atoms with E-state index in [4.69, 9.17) is 0 Å². The summed E-state index contributed by atoms with van der Waals surface area (Å²) in [7, 11) is 0. The lowest BCUT2D eigenvalue weighted by Gasteiger charge is -2.39. The van der Waals surface area contributed by atoms with Gasteiger partial charge in [-0.3, -0.25) is 0 Å². The molecule has 2 fully saturated rings. The Kier molecular flexibility index (Phi) is 4.07. The first-order chi connectivity index (χ1) is 5.84. The van der Waals surface area contributed by atoms with Crippen molar-refractivity contribution in [1.82, 2.24) is 5.32 Å². The molecule has 2 atom stereocenters. The summed E-state index contributed by atoms with van der Waals surface area (Å²) >= 11 is 0. The smallest absolute Gasteiger partial charge is 0.00722 e. The largest absolute Gasteiger partial charge is 0.311 e. The molecule has 0 amide bonds. The molecule has 0 aromatic heterocycles. The van der Waals surface area contributed by atoms with E-state index >= 15 is 0 Å². The van der Waals surface area contributed by atoms with Crippen LogP contribution in [0, 0.1) is 5.92 Å². The van der Waals surface area contributed by atoms with E-state index in [-0.39, 0.29) is 0 Å². The maximum absolute atomic E-state index is 3.68. The molecule has 0 spiro atoms. The maximum atomic E-state index is 3.68. The molecule has 2 rings (SSSR count). The average molecular weight is 169 g/mol. The normalized spacial score (nSPS) is 39.8. The second-order valence-corrected chi connectivity index (χ2v) is 4.07. The highest BCUT2D eigenvalue weighted by Crippen LogP contribution is 2.28. The molecule has 0 saturated carbocycles. The van der Waals surface area contributed by atoms with E-state index in [1.165, 1.54) is 32.1 Å². The Morgan fingerprint density at radius 1 is 1.00 bits per heavy atom. The van der Waals surface area contributed by atoms with E-state index in [1.54, 1.807) is 0 Å². The van der Waals surface area contributed by atoms with Gasteiger partial charge in [0.25, 0.3) is 0 Å². The minimum Gasteiger partial charge on any atom is -0.311 e. The Hall–Kier alpha value is -0.0400. The van der Waals surface area contributed by atoms with Crippen LogP contribution in [-0.4, -0.2) is 12.1 Å². The first-order valence-electron chi connectivity index (χ1n) is 5.60. The van der Waals surface area contributed by atoms with Crippen molar-refractivity contribution in [3.05, 3.63) is 0 Å². The zero-order valence-electron chi connectivity index (χ0n) is 8.77. The summed E-state index contributed by atoms with van der Waals surface area (Å²) in [4.78, 5) is 0. The van der Waals surface area contributed by atoms with Crippen molar-refractivity contribution in [2.24, 2.45) is 5.92 Å². The van der Waals surface area contributed by atoms with E-state index in [0.29, 0.717) is 0 Å². The molecule has 2 saturated heterocycles. The predicted molar refractivity (Wildman–Crippen MR) is 54.3 cm³/mol. The maximum Gasteiger partial charge on any atom is 0.00722 e. The molecule has 0 radical (unpaired) electrons. The van der Waals surface area contributed by atoms with Gasteiger partial charge in [-0.15, -0.1) is 0 Å². The summed E-state index contributed by atoms with van der Waals surface area (Å²) in [5.41, 5.74) is 0. The van der Waals surface area contributed by atoms with Crippen LogP contribution in [0.4, 0.5) is 0 Å². The van der Waals surface area contributed by atoms with Gasteiger partial charge in [-0.25, -0.2) is 0 Å². The van der Waals surface area contributed by atoms with Gasteiger partial charge in [-0.2, -0.15) is 0 Å². The van der Waals surface area contributed by atoms with E-state index in [1.807, 2.05) is 13.8 Å². The lowest BCUT2D eigenvalue weighted by Crippen LogP contribution is -2.47. The molecule has 0 aromatic carbocycles. The zero-order valence-corrected chi connectivity index (χ0v) is 8.77. The van der Waals surface area contributed by atoms with Gasteiger partial charge in [-0.1, -0.05) is 27.2 Å². The van der Waals surface area contributed by atoms with Crippen LogP contribution in [0.15, 0.2) is 0 Å². The summed E-state index contributed by atoms with van der Waals surface area (Å²) in [6.45, 7) is 6.40. The number of piperidine rings is 2. The average Bonchev–Trinajstić information content (AvgIpc) is 2.07. The minimum absolute atomic E-state index is 0.877. The van der Waals surface area contributed by atoms with Crippen LogP contribution in [0.25, 0.3) is 0 Å². The van der Waals surface area contributed by atoms with Gasteiger partial charge >= 0.3 is 0 Å². The second kappa shape index (κ2) is 4.86.